The fraction of sp³-hybridized carbons (Fsp3) is 0.900. The summed E-state index contributed by atoms with van der Waals surface area (Å²) >= 11 is 0. The van der Waals surface area contributed by atoms with Crippen molar-refractivity contribution < 1.29 is 17.9 Å². The molecule has 1 aliphatic heterocycles. The fourth-order valence-electron chi connectivity index (χ4n) is 1.55. The first-order chi connectivity index (χ1) is 7.99. The highest BCUT2D eigenvalue weighted by Gasteiger charge is 2.15. The molecule has 1 rings (SSSR count). The van der Waals surface area contributed by atoms with Crippen LogP contribution in [0.4, 0.5) is 0 Å². The normalized spacial score (nSPS) is 17.1. The van der Waals surface area contributed by atoms with Crippen molar-refractivity contribution in [2.45, 2.75) is 6.42 Å². The van der Waals surface area contributed by atoms with E-state index in [2.05, 4.69) is 5.32 Å². The third kappa shape index (κ3) is 6.60. The Morgan fingerprint density at radius 1 is 1.29 bits per heavy atom. The Hall–Kier alpha value is -0.660. The molecule has 1 fully saturated rings. The van der Waals surface area contributed by atoms with Gasteiger partial charge in [0.2, 0.25) is 5.91 Å². The van der Waals surface area contributed by atoms with E-state index in [0.717, 1.165) is 0 Å². The van der Waals surface area contributed by atoms with Crippen LogP contribution in [0.3, 0.4) is 0 Å². The van der Waals surface area contributed by atoms with Gasteiger partial charge in [-0.25, -0.2) is 8.42 Å². The van der Waals surface area contributed by atoms with Gasteiger partial charge in [-0.15, -0.1) is 0 Å². The first kappa shape index (κ1) is 14.4. The summed E-state index contributed by atoms with van der Waals surface area (Å²) < 4.78 is 26.8. The van der Waals surface area contributed by atoms with Crippen LogP contribution in [0.5, 0.6) is 0 Å². The molecular weight excluding hydrogens is 244 g/mol. The van der Waals surface area contributed by atoms with Gasteiger partial charge >= 0.3 is 0 Å². The molecule has 100 valence electrons. The summed E-state index contributed by atoms with van der Waals surface area (Å²) in [6.07, 6.45) is 1.61. The number of nitrogens with zero attached hydrogens (tertiary/aromatic N) is 1. The lowest BCUT2D eigenvalue weighted by Gasteiger charge is -2.26. The van der Waals surface area contributed by atoms with Gasteiger partial charge in [0, 0.05) is 38.9 Å². The number of carbonyl (C=O) groups excluding carboxylic acids is 1. The van der Waals surface area contributed by atoms with Crippen LogP contribution in [0.1, 0.15) is 6.42 Å². The van der Waals surface area contributed by atoms with E-state index in [1.54, 1.807) is 4.90 Å². The number of morpholine rings is 1. The SMILES string of the molecule is CS(=O)(=O)CCNCCC(=O)N1CCOCC1. The Balaban J connectivity index is 2.07. The molecule has 1 aliphatic rings. The van der Waals surface area contributed by atoms with Gasteiger partial charge in [-0.05, 0) is 0 Å². The molecule has 0 saturated carbocycles. The molecule has 17 heavy (non-hydrogen) atoms. The zero-order valence-electron chi connectivity index (χ0n) is 10.1. The smallest absolute Gasteiger partial charge is 0.224 e. The minimum absolute atomic E-state index is 0.0974. The number of sulfone groups is 1. The van der Waals surface area contributed by atoms with Gasteiger partial charge in [-0.3, -0.25) is 4.79 Å². The van der Waals surface area contributed by atoms with Crippen molar-refractivity contribution >= 4 is 15.7 Å². The maximum absolute atomic E-state index is 11.7. The summed E-state index contributed by atoms with van der Waals surface area (Å²) in [4.78, 5) is 13.4. The standard InChI is InChI=1S/C10H20N2O4S/c1-17(14,15)9-4-11-3-2-10(13)12-5-7-16-8-6-12/h11H,2-9H2,1H3. The summed E-state index contributed by atoms with van der Waals surface area (Å²) in [6, 6.07) is 0. The molecule has 1 amide bonds. The second kappa shape index (κ2) is 6.93. The topological polar surface area (TPSA) is 75.7 Å². The average molecular weight is 264 g/mol. The molecule has 0 aromatic heterocycles. The molecule has 0 aromatic rings. The van der Waals surface area contributed by atoms with Crippen LogP contribution in [-0.4, -0.2) is 70.6 Å². The second-order valence-corrected chi connectivity index (χ2v) is 6.38. The average Bonchev–Trinajstić information content (AvgIpc) is 2.28. The van der Waals surface area contributed by atoms with Crippen molar-refractivity contribution in [1.82, 2.24) is 10.2 Å². The Morgan fingerprint density at radius 2 is 1.94 bits per heavy atom. The van der Waals surface area contributed by atoms with E-state index < -0.39 is 9.84 Å². The summed E-state index contributed by atoms with van der Waals surface area (Å²) in [5.74, 6) is 0.207. The number of hydrogen-bond acceptors (Lipinski definition) is 5. The molecule has 0 bridgehead atoms. The van der Waals surface area contributed by atoms with Gasteiger partial charge in [0.05, 0.1) is 19.0 Å². The molecule has 7 heteroatoms. The molecule has 0 spiro atoms. The molecule has 1 saturated heterocycles. The maximum Gasteiger partial charge on any atom is 0.224 e. The number of amides is 1. The number of rotatable bonds is 6. The number of ether oxygens (including phenoxy) is 1. The molecule has 0 unspecified atom stereocenters. The minimum Gasteiger partial charge on any atom is -0.378 e. The Labute approximate surface area is 102 Å². The van der Waals surface area contributed by atoms with E-state index in [-0.39, 0.29) is 11.7 Å². The number of nitrogens with one attached hydrogen (secondary N) is 1. The van der Waals surface area contributed by atoms with E-state index in [4.69, 9.17) is 4.74 Å². The van der Waals surface area contributed by atoms with Crippen LogP contribution < -0.4 is 5.32 Å². The van der Waals surface area contributed by atoms with Crippen LogP contribution in [-0.2, 0) is 19.4 Å². The molecule has 1 heterocycles. The first-order valence-electron chi connectivity index (χ1n) is 5.73. The molecule has 0 radical (unpaired) electrons. The van der Waals surface area contributed by atoms with Crippen LogP contribution >= 0.6 is 0 Å². The van der Waals surface area contributed by atoms with Crippen molar-refractivity contribution in [2.75, 3.05) is 51.4 Å². The molecule has 0 atom stereocenters. The summed E-state index contributed by atoms with van der Waals surface area (Å²) in [5, 5.41) is 2.95. The summed E-state index contributed by atoms with van der Waals surface area (Å²) in [7, 11) is -2.92. The summed E-state index contributed by atoms with van der Waals surface area (Å²) in [5.41, 5.74) is 0. The molecule has 6 nitrogen and oxygen atoms in total. The van der Waals surface area contributed by atoms with Crippen LogP contribution in [0.15, 0.2) is 0 Å². The lowest BCUT2D eigenvalue weighted by Crippen LogP contribution is -2.41. The highest BCUT2D eigenvalue weighted by molar-refractivity contribution is 7.90. The first-order valence-corrected chi connectivity index (χ1v) is 7.79. The van der Waals surface area contributed by atoms with Crippen molar-refractivity contribution in [1.29, 1.82) is 0 Å². The third-order valence-electron chi connectivity index (χ3n) is 2.53. The Morgan fingerprint density at radius 3 is 2.53 bits per heavy atom. The van der Waals surface area contributed by atoms with Gasteiger partial charge in [0.25, 0.3) is 0 Å². The fourth-order valence-corrected chi connectivity index (χ4v) is 2.06. The largest absolute Gasteiger partial charge is 0.378 e. The van der Waals surface area contributed by atoms with E-state index in [9.17, 15) is 13.2 Å². The van der Waals surface area contributed by atoms with E-state index >= 15 is 0 Å². The van der Waals surface area contributed by atoms with Crippen molar-refractivity contribution in [2.24, 2.45) is 0 Å². The van der Waals surface area contributed by atoms with Crippen molar-refractivity contribution in [3.8, 4) is 0 Å². The van der Waals surface area contributed by atoms with Gasteiger partial charge in [0.15, 0.2) is 0 Å². The van der Waals surface area contributed by atoms with Crippen LogP contribution in [0, 0.1) is 0 Å². The van der Waals surface area contributed by atoms with E-state index in [1.807, 2.05) is 0 Å². The predicted octanol–water partition coefficient (Wildman–Crippen LogP) is -1.13. The van der Waals surface area contributed by atoms with Crippen LogP contribution in [0.2, 0.25) is 0 Å². The van der Waals surface area contributed by atoms with Crippen LogP contribution in [0.25, 0.3) is 0 Å². The Bertz CT molecular complexity index is 336. The number of carbonyl (C=O) groups is 1. The van der Waals surface area contributed by atoms with Gasteiger partial charge in [0.1, 0.15) is 9.84 Å². The van der Waals surface area contributed by atoms with E-state index in [1.165, 1.54) is 6.26 Å². The molecular formula is C10H20N2O4S. The third-order valence-corrected chi connectivity index (χ3v) is 3.47. The van der Waals surface area contributed by atoms with Crippen molar-refractivity contribution in [3.63, 3.8) is 0 Å². The lowest BCUT2D eigenvalue weighted by molar-refractivity contribution is -0.135. The molecule has 0 aliphatic carbocycles. The monoisotopic (exact) mass is 264 g/mol. The Kier molecular flexibility index (Phi) is 5.87. The van der Waals surface area contributed by atoms with Gasteiger partial charge in [-0.2, -0.15) is 0 Å². The lowest BCUT2D eigenvalue weighted by atomic mass is 10.3. The van der Waals surface area contributed by atoms with Gasteiger partial charge in [-0.1, -0.05) is 0 Å². The highest BCUT2D eigenvalue weighted by Crippen LogP contribution is 1.99. The number of hydrogen-bond donors (Lipinski definition) is 1. The zero-order chi connectivity index (χ0) is 12.7. The second-order valence-electron chi connectivity index (χ2n) is 4.12. The highest BCUT2D eigenvalue weighted by atomic mass is 32.2. The zero-order valence-corrected chi connectivity index (χ0v) is 11.0. The minimum atomic E-state index is -2.92. The van der Waals surface area contributed by atoms with Gasteiger partial charge < -0.3 is 15.0 Å². The predicted molar refractivity (Wildman–Crippen MR) is 64.6 cm³/mol. The maximum atomic E-state index is 11.7. The van der Waals surface area contributed by atoms with Crippen molar-refractivity contribution in [3.05, 3.63) is 0 Å². The molecule has 1 N–H and O–H groups in total. The van der Waals surface area contributed by atoms with E-state index in [0.29, 0.717) is 45.8 Å². The molecule has 0 aromatic carbocycles. The summed E-state index contributed by atoms with van der Waals surface area (Å²) in [6.45, 7) is 3.44. The quantitative estimate of drug-likeness (QED) is 0.614.